The Morgan fingerprint density at radius 1 is 1.05 bits per heavy atom. The number of nitrogens with one attached hydrogen (secondary N) is 1. The van der Waals surface area contributed by atoms with Crippen LogP contribution >= 0.6 is 0 Å². The monoisotopic (exact) mass is 279 g/mol. The summed E-state index contributed by atoms with van der Waals surface area (Å²) in [6, 6.07) is 8.88. The molecule has 2 unspecified atom stereocenters. The Morgan fingerprint density at radius 3 is 2.35 bits per heavy atom. The molecule has 1 aromatic carbocycles. The predicted molar refractivity (Wildman–Crippen MR) is 84.1 cm³/mol. The van der Waals surface area contributed by atoms with Crippen LogP contribution in [0.2, 0.25) is 0 Å². The van der Waals surface area contributed by atoms with E-state index < -0.39 is 0 Å². The Kier molecular flexibility index (Phi) is 8.51. The van der Waals surface area contributed by atoms with Crippen LogP contribution in [-0.4, -0.2) is 32.5 Å². The molecule has 0 radical (unpaired) electrons. The van der Waals surface area contributed by atoms with Gasteiger partial charge in [0.1, 0.15) is 0 Å². The summed E-state index contributed by atoms with van der Waals surface area (Å²) >= 11 is 0. The Labute approximate surface area is 123 Å². The second-order valence-electron chi connectivity index (χ2n) is 5.13. The summed E-state index contributed by atoms with van der Waals surface area (Å²) in [5.74, 6) is 0. The van der Waals surface area contributed by atoms with Gasteiger partial charge in [-0.2, -0.15) is 0 Å². The Hall–Kier alpha value is -0.900. The van der Waals surface area contributed by atoms with Crippen LogP contribution in [0.5, 0.6) is 0 Å². The van der Waals surface area contributed by atoms with Gasteiger partial charge in [0, 0.05) is 6.61 Å². The van der Waals surface area contributed by atoms with Crippen LogP contribution in [0.25, 0.3) is 0 Å². The maximum Gasteiger partial charge on any atom is 0.0742 e. The van der Waals surface area contributed by atoms with Gasteiger partial charge in [0.15, 0.2) is 0 Å². The molecule has 0 aliphatic heterocycles. The summed E-state index contributed by atoms with van der Waals surface area (Å²) < 4.78 is 11.3. The molecule has 114 valence electrons. The van der Waals surface area contributed by atoms with Crippen molar-refractivity contribution in [1.29, 1.82) is 0 Å². The molecule has 1 N–H and O–H groups in total. The number of hydrogen-bond donors (Lipinski definition) is 1. The minimum Gasteiger partial charge on any atom is -0.379 e. The molecule has 0 fully saturated rings. The first-order valence-corrected chi connectivity index (χ1v) is 7.68. The van der Waals surface area contributed by atoms with Gasteiger partial charge in [-0.3, -0.25) is 0 Å². The molecule has 2 atom stereocenters. The van der Waals surface area contributed by atoms with Crippen molar-refractivity contribution < 1.29 is 9.47 Å². The Balaban J connectivity index is 2.49. The summed E-state index contributed by atoms with van der Waals surface area (Å²) in [5, 5.41) is 3.50. The maximum atomic E-state index is 5.90. The van der Waals surface area contributed by atoms with Crippen molar-refractivity contribution in [3.05, 3.63) is 35.4 Å². The van der Waals surface area contributed by atoms with Crippen molar-refractivity contribution in [3.8, 4) is 0 Å². The zero-order valence-electron chi connectivity index (χ0n) is 13.3. The molecule has 0 aliphatic rings. The Bertz CT molecular complexity index is 351. The van der Waals surface area contributed by atoms with Crippen LogP contribution in [0.4, 0.5) is 0 Å². The normalized spacial score (nSPS) is 14.2. The lowest BCUT2D eigenvalue weighted by Gasteiger charge is -2.25. The Morgan fingerprint density at radius 2 is 1.75 bits per heavy atom. The van der Waals surface area contributed by atoms with Crippen molar-refractivity contribution in [1.82, 2.24) is 5.32 Å². The van der Waals surface area contributed by atoms with Gasteiger partial charge in [-0.1, -0.05) is 43.7 Å². The minimum absolute atomic E-state index is 0.128. The summed E-state index contributed by atoms with van der Waals surface area (Å²) in [7, 11) is 0. The third-order valence-corrected chi connectivity index (χ3v) is 3.29. The standard InChI is InChI=1S/C17H29NO2/c1-5-11-19-12-13-20-15(4)17(18-6-2)16-9-7-14(3)8-10-16/h7-10,15,17-18H,5-6,11-13H2,1-4H3. The lowest BCUT2D eigenvalue weighted by atomic mass is 10.0. The van der Waals surface area contributed by atoms with E-state index in [2.05, 4.69) is 57.3 Å². The first-order chi connectivity index (χ1) is 9.69. The smallest absolute Gasteiger partial charge is 0.0742 e. The molecule has 0 spiro atoms. The van der Waals surface area contributed by atoms with E-state index >= 15 is 0 Å². The average Bonchev–Trinajstić information content (AvgIpc) is 2.45. The van der Waals surface area contributed by atoms with E-state index in [9.17, 15) is 0 Å². The maximum absolute atomic E-state index is 5.90. The molecule has 0 bridgehead atoms. The molecule has 1 rings (SSSR count). The third-order valence-electron chi connectivity index (χ3n) is 3.29. The van der Waals surface area contributed by atoms with Crippen molar-refractivity contribution in [2.45, 2.75) is 46.3 Å². The van der Waals surface area contributed by atoms with Crippen molar-refractivity contribution in [2.75, 3.05) is 26.4 Å². The molecular weight excluding hydrogens is 250 g/mol. The molecule has 0 heterocycles. The van der Waals surface area contributed by atoms with Gasteiger partial charge < -0.3 is 14.8 Å². The second-order valence-corrected chi connectivity index (χ2v) is 5.13. The number of rotatable bonds is 10. The molecule has 0 saturated carbocycles. The van der Waals surface area contributed by atoms with Gasteiger partial charge >= 0.3 is 0 Å². The molecule has 3 nitrogen and oxygen atoms in total. The number of benzene rings is 1. The van der Waals surface area contributed by atoms with E-state index in [0.717, 1.165) is 19.6 Å². The third kappa shape index (κ3) is 6.04. The summed E-state index contributed by atoms with van der Waals surface area (Å²) in [6.07, 6.45) is 1.18. The van der Waals surface area contributed by atoms with Crippen molar-refractivity contribution >= 4 is 0 Å². The molecule has 0 saturated heterocycles. The zero-order valence-corrected chi connectivity index (χ0v) is 13.3. The lowest BCUT2D eigenvalue weighted by Crippen LogP contribution is -2.32. The van der Waals surface area contributed by atoms with E-state index in [-0.39, 0.29) is 12.1 Å². The van der Waals surface area contributed by atoms with Crippen LogP contribution in [-0.2, 0) is 9.47 Å². The first-order valence-electron chi connectivity index (χ1n) is 7.68. The first kappa shape index (κ1) is 17.2. The average molecular weight is 279 g/mol. The number of hydrogen-bond acceptors (Lipinski definition) is 3. The van der Waals surface area contributed by atoms with Crippen molar-refractivity contribution in [2.24, 2.45) is 0 Å². The van der Waals surface area contributed by atoms with E-state index in [1.807, 2.05) is 0 Å². The zero-order chi connectivity index (χ0) is 14.8. The SMILES string of the molecule is CCCOCCOC(C)C(NCC)c1ccc(C)cc1. The molecule has 0 aliphatic carbocycles. The van der Waals surface area contributed by atoms with Crippen LogP contribution in [0.3, 0.4) is 0 Å². The van der Waals surface area contributed by atoms with Crippen LogP contribution in [0.1, 0.15) is 44.4 Å². The van der Waals surface area contributed by atoms with E-state index in [0.29, 0.717) is 13.2 Å². The molecular formula is C17H29NO2. The van der Waals surface area contributed by atoms with E-state index in [4.69, 9.17) is 9.47 Å². The largest absolute Gasteiger partial charge is 0.379 e. The van der Waals surface area contributed by atoms with Gasteiger partial charge in [-0.05, 0) is 32.4 Å². The van der Waals surface area contributed by atoms with Crippen LogP contribution in [0.15, 0.2) is 24.3 Å². The summed E-state index contributed by atoms with van der Waals surface area (Å²) in [6.45, 7) is 11.5. The molecule has 20 heavy (non-hydrogen) atoms. The molecule has 3 heteroatoms. The number of likely N-dealkylation sites (N-methyl/N-ethyl adjacent to an activating group) is 1. The fourth-order valence-electron chi connectivity index (χ4n) is 2.18. The lowest BCUT2D eigenvalue weighted by molar-refractivity contribution is -0.00324. The van der Waals surface area contributed by atoms with Crippen LogP contribution < -0.4 is 5.32 Å². The highest BCUT2D eigenvalue weighted by Crippen LogP contribution is 2.19. The fourth-order valence-corrected chi connectivity index (χ4v) is 2.18. The molecule has 0 aromatic heterocycles. The highest BCUT2D eigenvalue weighted by molar-refractivity contribution is 5.24. The van der Waals surface area contributed by atoms with Crippen LogP contribution in [0, 0.1) is 6.92 Å². The topological polar surface area (TPSA) is 30.5 Å². The highest BCUT2D eigenvalue weighted by atomic mass is 16.5. The second kappa shape index (κ2) is 9.92. The summed E-state index contributed by atoms with van der Waals surface area (Å²) in [4.78, 5) is 0. The van der Waals surface area contributed by atoms with Gasteiger partial charge in [-0.15, -0.1) is 0 Å². The highest BCUT2D eigenvalue weighted by Gasteiger charge is 2.18. The van der Waals surface area contributed by atoms with Gasteiger partial charge in [0.2, 0.25) is 0 Å². The quantitative estimate of drug-likeness (QED) is 0.665. The van der Waals surface area contributed by atoms with Gasteiger partial charge in [0.25, 0.3) is 0 Å². The van der Waals surface area contributed by atoms with E-state index in [1.54, 1.807) is 0 Å². The molecule has 0 amide bonds. The van der Waals surface area contributed by atoms with Gasteiger partial charge in [-0.25, -0.2) is 0 Å². The van der Waals surface area contributed by atoms with Crippen molar-refractivity contribution in [3.63, 3.8) is 0 Å². The molecule has 1 aromatic rings. The predicted octanol–water partition coefficient (Wildman–Crippen LogP) is 3.48. The summed E-state index contributed by atoms with van der Waals surface area (Å²) in [5.41, 5.74) is 2.56. The number of ether oxygens (including phenoxy) is 2. The van der Waals surface area contributed by atoms with Gasteiger partial charge in [0.05, 0.1) is 25.4 Å². The fraction of sp³-hybridized carbons (Fsp3) is 0.647. The number of aryl methyl sites for hydroxylation is 1. The van der Waals surface area contributed by atoms with E-state index in [1.165, 1.54) is 11.1 Å². The minimum atomic E-state index is 0.128.